The highest BCUT2D eigenvalue weighted by atomic mass is 19.1. The average Bonchev–Trinajstić information content (AvgIpc) is 3.32. The Bertz CT molecular complexity index is 891. The van der Waals surface area contributed by atoms with E-state index in [9.17, 15) is 14.0 Å². The number of H-pyrrole nitrogens is 2. The third-order valence-corrected chi connectivity index (χ3v) is 5.38. The largest absolute Gasteiger partial charge is 0.371 e. The first-order chi connectivity index (χ1) is 13.1. The minimum atomic E-state index is -0.504. The number of halogens is 1. The van der Waals surface area contributed by atoms with E-state index >= 15 is 0 Å². The highest BCUT2D eigenvalue weighted by Crippen LogP contribution is 2.27. The van der Waals surface area contributed by atoms with Gasteiger partial charge in [0.2, 0.25) is 0 Å². The van der Waals surface area contributed by atoms with Gasteiger partial charge in [-0.05, 0) is 31.4 Å². The second-order valence-electron chi connectivity index (χ2n) is 7.22. The van der Waals surface area contributed by atoms with E-state index < -0.39 is 11.2 Å². The quantitative estimate of drug-likeness (QED) is 0.733. The number of benzene rings is 1. The molecule has 4 rings (SSSR count). The summed E-state index contributed by atoms with van der Waals surface area (Å²) in [6.07, 6.45) is 3.16. The summed E-state index contributed by atoms with van der Waals surface area (Å²) in [5.41, 5.74) is 0.776. The lowest BCUT2D eigenvalue weighted by molar-refractivity contribution is 0.529. The van der Waals surface area contributed by atoms with Crippen molar-refractivity contribution in [1.29, 1.82) is 0 Å². The predicted molar refractivity (Wildman–Crippen MR) is 103 cm³/mol. The SMILES string of the molecule is O=c1cc(N2CC[C@H](NCc3c(F)cccc3N3CCCC3)C2)[nH]c(=O)[nH]1. The van der Waals surface area contributed by atoms with E-state index in [2.05, 4.69) is 20.2 Å². The zero-order chi connectivity index (χ0) is 18.8. The van der Waals surface area contributed by atoms with Crippen molar-refractivity contribution in [3.63, 3.8) is 0 Å². The molecule has 0 spiro atoms. The van der Waals surface area contributed by atoms with Crippen molar-refractivity contribution in [1.82, 2.24) is 15.3 Å². The van der Waals surface area contributed by atoms with Crippen molar-refractivity contribution in [3.05, 3.63) is 56.5 Å². The van der Waals surface area contributed by atoms with E-state index in [0.717, 1.165) is 44.6 Å². The molecule has 3 heterocycles. The first-order valence-corrected chi connectivity index (χ1v) is 9.44. The lowest BCUT2D eigenvalue weighted by Crippen LogP contribution is -2.34. The third kappa shape index (κ3) is 3.90. The van der Waals surface area contributed by atoms with Crippen LogP contribution in [0.15, 0.2) is 33.9 Å². The molecule has 3 N–H and O–H groups in total. The zero-order valence-corrected chi connectivity index (χ0v) is 15.1. The van der Waals surface area contributed by atoms with Gasteiger partial charge in [0.15, 0.2) is 0 Å². The maximum Gasteiger partial charge on any atom is 0.327 e. The fourth-order valence-electron chi connectivity index (χ4n) is 3.99. The number of aromatic amines is 2. The van der Waals surface area contributed by atoms with Gasteiger partial charge in [-0.1, -0.05) is 6.07 Å². The molecule has 1 aromatic heterocycles. The molecule has 1 atom stereocenters. The van der Waals surface area contributed by atoms with Gasteiger partial charge in [-0.15, -0.1) is 0 Å². The second-order valence-corrected chi connectivity index (χ2v) is 7.22. The van der Waals surface area contributed by atoms with Crippen LogP contribution in [0.25, 0.3) is 0 Å². The Labute approximate surface area is 156 Å². The fourth-order valence-corrected chi connectivity index (χ4v) is 3.99. The molecule has 0 radical (unpaired) electrons. The van der Waals surface area contributed by atoms with Crippen LogP contribution >= 0.6 is 0 Å². The molecule has 2 aromatic rings. The maximum absolute atomic E-state index is 14.5. The van der Waals surface area contributed by atoms with E-state index in [1.165, 1.54) is 12.1 Å². The number of nitrogens with one attached hydrogen (secondary N) is 3. The lowest BCUT2D eigenvalue weighted by atomic mass is 10.1. The highest BCUT2D eigenvalue weighted by molar-refractivity contribution is 5.55. The van der Waals surface area contributed by atoms with E-state index in [0.29, 0.717) is 24.5 Å². The number of nitrogens with zero attached hydrogens (tertiary/aromatic N) is 2. The highest BCUT2D eigenvalue weighted by Gasteiger charge is 2.24. The summed E-state index contributed by atoms with van der Waals surface area (Å²) in [4.78, 5) is 32.0. The number of rotatable bonds is 5. The Kier molecular flexibility index (Phi) is 4.98. The van der Waals surface area contributed by atoms with Crippen LogP contribution in [-0.4, -0.2) is 42.2 Å². The molecule has 0 amide bonds. The van der Waals surface area contributed by atoms with Crippen molar-refractivity contribution in [2.24, 2.45) is 0 Å². The first kappa shape index (κ1) is 17.8. The van der Waals surface area contributed by atoms with Crippen LogP contribution < -0.4 is 26.4 Å². The number of anilines is 2. The summed E-state index contributed by atoms with van der Waals surface area (Å²) in [6, 6.07) is 6.84. The number of aromatic nitrogens is 2. The van der Waals surface area contributed by atoms with Crippen molar-refractivity contribution in [3.8, 4) is 0 Å². The van der Waals surface area contributed by atoms with E-state index in [-0.39, 0.29) is 11.9 Å². The topological polar surface area (TPSA) is 84.2 Å². The van der Waals surface area contributed by atoms with Crippen molar-refractivity contribution in [2.45, 2.75) is 31.8 Å². The monoisotopic (exact) mass is 373 g/mol. The summed E-state index contributed by atoms with van der Waals surface area (Å²) in [5, 5.41) is 3.45. The fraction of sp³-hybridized carbons (Fsp3) is 0.474. The maximum atomic E-state index is 14.5. The standard InChI is InChI=1S/C19H24FN5O2/c20-15-4-3-5-16(24-7-1-2-8-24)14(15)11-21-13-6-9-25(12-13)17-10-18(26)23-19(27)22-17/h3-5,10,13,21H,1-2,6-9,11-12H2,(H2,22,23,26,27)/t13-/m0/s1. The predicted octanol–water partition coefficient (Wildman–Crippen LogP) is 1.17. The summed E-state index contributed by atoms with van der Waals surface area (Å²) < 4.78 is 14.5. The molecule has 144 valence electrons. The van der Waals surface area contributed by atoms with Crippen LogP contribution in [0.2, 0.25) is 0 Å². The van der Waals surface area contributed by atoms with Gasteiger partial charge in [-0.2, -0.15) is 0 Å². The smallest absolute Gasteiger partial charge is 0.327 e. The van der Waals surface area contributed by atoms with Crippen molar-refractivity contribution in [2.75, 3.05) is 36.0 Å². The Balaban J connectivity index is 1.43. The van der Waals surface area contributed by atoms with Crippen LogP contribution in [0.5, 0.6) is 0 Å². The molecular weight excluding hydrogens is 349 g/mol. The van der Waals surface area contributed by atoms with Crippen LogP contribution in [0.3, 0.4) is 0 Å². The molecule has 8 heteroatoms. The molecule has 0 bridgehead atoms. The van der Waals surface area contributed by atoms with E-state index in [4.69, 9.17) is 0 Å². The molecule has 2 aliphatic heterocycles. The minimum absolute atomic E-state index is 0.166. The van der Waals surface area contributed by atoms with Gasteiger partial charge in [0.1, 0.15) is 11.6 Å². The molecule has 2 saturated heterocycles. The molecule has 2 fully saturated rings. The third-order valence-electron chi connectivity index (χ3n) is 5.38. The van der Waals surface area contributed by atoms with Gasteiger partial charge in [0.25, 0.3) is 5.56 Å². The van der Waals surface area contributed by atoms with Crippen molar-refractivity contribution < 1.29 is 4.39 Å². The lowest BCUT2D eigenvalue weighted by Gasteiger charge is -2.23. The van der Waals surface area contributed by atoms with Gasteiger partial charge < -0.3 is 15.1 Å². The van der Waals surface area contributed by atoms with Crippen LogP contribution in [0.1, 0.15) is 24.8 Å². The molecule has 27 heavy (non-hydrogen) atoms. The normalized spacial score (nSPS) is 19.8. The number of hydrogen-bond donors (Lipinski definition) is 3. The Hall–Kier alpha value is -2.61. The Morgan fingerprint density at radius 1 is 1.11 bits per heavy atom. The van der Waals surface area contributed by atoms with E-state index in [1.54, 1.807) is 6.07 Å². The summed E-state index contributed by atoms with van der Waals surface area (Å²) in [7, 11) is 0. The summed E-state index contributed by atoms with van der Waals surface area (Å²) in [6.45, 7) is 3.80. The average molecular weight is 373 g/mol. The van der Waals surface area contributed by atoms with Gasteiger partial charge in [-0.3, -0.25) is 14.8 Å². The zero-order valence-electron chi connectivity index (χ0n) is 15.1. The summed E-state index contributed by atoms with van der Waals surface area (Å²) >= 11 is 0. The molecule has 0 unspecified atom stereocenters. The van der Waals surface area contributed by atoms with Crippen LogP contribution in [0, 0.1) is 5.82 Å². The van der Waals surface area contributed by atoms with Gasteiger partial charge >= 0.3 is 5.69 Å². The molecule has 0 aliphatic carbocycles. The number of hydrogen-bond acceptors (Lipinski definition) is 5. The van der Waals surface area contributed by atoms with Gasteiger partial charge in [0.05, 0.1) is 0 Å². The van der Waals surface area contributed by atoms with Crippen LogP contribution in [0.4, 0.5) is 15.9 Å². The Morgan fingerprint density at radius 3 is 2.70 bits per heavy atom. The van der Waals surface area contributed by atoms with E-state index in [1.807, 2.05) is 11.0 Å². The summed E-state index contributed by atoms with van der Waals surface area (Å²) in [5.74, 6) is 0.345. The first-order valence-electron chi connectivity index (χ1n) is 9.44. The molecule has 2 aliphatic rings. The molecule has 0 saturated carbocycles. The molecule has 7 nitrogen and oxygen atoms in total. The van der Waals surface area contributed by atoms with Crippen molar-refractivity contribution >= 4 is 11.5 Å². The van der Waals surface area contributed by atoms with Crippen LogP contribution in [-0.2, 0) is 6.54 Å². The second kappa shape index (κ2) is 7.56. The van der Waals surface area contributed by atoms with Gasteiger partial charge in [0, 0.05) is 56.1 Å². The van der Waals surface area contributed by atoms with Gasteiger partial charge in [-0.25, -0.2) is 9.18 Å². The molecular formula is C19H24FN5O2. The minimum Gasteiger partial charge on any atom is -0.371 e. The molecule has 1 aromatic carbocycles. The Morgan fingerprint density at radius 2 is 1.93 bits per heavy atom.